The molecule has 5 heteroatoms. The predicted molar refractivity (Wildman–Crippen MR) is 81.1 cm³/mol. The molecule has 0 bridgehead atoms. The van der Waals surface area contributed by atoms with Gasteiger partial charge in [-0.2, -0.15) is 0 Å². The molecule has 0 fully saturated rings. The summed E-state index contributed by atoms with van der Waals surface area (Å²) in [5.41, 5.74) is 8.04. The van der Waals surface area contributed by atoms with E-state index in [4.69, 9.17) is 5.73 Å². The summed E-state index contributed by atoms with van der Waals surface area (Å²) in [6.45, 7) is 2.36. The van der Waals surface area contributed by atoms with Gasteiger partial charge in [0.1, 0.15) is 5.82 Å². The molecular formula is C15H14BrFN2O. The van der Waals surface area contributed by atoms with Crippen molar-refractivity contribution in [3.05, 3.63) is 63.4 Å². The Morgan fingerprint density at radius 3 is 2.70 bits per heavy atom. The first-order valence-electron chi connectivity index (χ1n) is 6.05. The highest BCUT2D eigenvalue weighted by Gasteiger charge is 2.06. The Labute approximate surface area is 125 Å². The molecule has 3 nitrogen and oxygen atoms in total. The molecule has 0 saturated heterocycles. The number of carbonyl (C=O) groups excluding carboxylic acids is 1. The Morgan fingerprint density at radius 1 is 1.30 bits per heavy atom. The average molecular weight is 337 g/mol. The summed E-state index contributed by atoms with van der Waals surface area (Å²) in [5, 5.41) is 3.04. The Hall–Kier alpha value is -1.88. The molecule has 0 aliphatic heterocycles. The fourth-order valence-corrected chi connectivity index (χ4v) is 2.23. The quantitative estimate of drug-likeness (QED) is 0.896. The zero-order valence-corrected chi connectivity index (χ0v) is 12.5. The van der Waals surface area contributed by atoms with E-state index in [-0.39, 0.29) is 5.82 Å². The SMILES string of the molecule is Cc1cc(C(N)=O)ccc1CNc1cc(Br)ccc1F. The van der Waals surface area contributed by atoms with Crippen molar-refractivity contribution in [3.63, 3.8) is 0 Å². The first-order valence-corrected chi connectivity index (χ1v) is 6.85. The van der Waals surface area contributed by atoms with Crippen molar-refractivity contribution in [3.8, 4) is 0 Å². The summed E-state index contributed by atoms with van der Waals surface area (Å²) >= 11 is 3.30. The van der Waals surface area contributed by atoms with Crippen molar-refractivity contribution in [2.75, 3.05) is 5.32 Å². The van der Waals surface area contributed by atoms with Gasteiger partial charge in [-0.3, -0.25) is 4.79 Å². The molecule has 0 aromatic heterocycles. The third kappa shape index (κ3) is 3.36. The van der Waals surface area contributed by atoms with Gasteiger partial charge < -0.3 is 11.1 Å². The molecule has 0 spiro atoms. The van der Waals surface area contributed by atoms with Gasteiger partial charge in [0.05, 0.1) is 5.69 Å². The van der Waals surface area contributed by atoms with Crippen LogP contribution >= 0.6 is 15.9 Å². The van der Waals surface area contributed by atoms with Gasteiger partial charge in [-0.05, 0) is 48.4 Å². The molecular weight excluding hydrogens is 323 g/mol. The summed E-state index contributed by atoms with van der Waals surface area (Å²) in [7, 11) is 0. The molecule has 1 amide bonds. The molecule has 0 aliphatic rings. The number of carbonyl (C=O) groups is 1. The van der Waals surface area contributed by atoms with Crippen LogP contribution in [0, 0.1) is 12.7 Å². The van der Waals surface area contributed by atoms with Crippen molar-refractivity contribution in [1.82, 2.24) is 0 Å². The van der Waals surface area contributed by atoms with E-state index in [0.717, 1.165) is 15.6 Å². The first-order chi connectivity index (χ1) is 9.47. The minimum absolute atomic E-state index is 0.306. The maximum Gasteiger partial charge on any atom is 0.248 e. The lowest BCUT2D eigenvalue weighted by Crippen LogP contribution is -2.12. The van der Waals surface area contributed by atoms with Gasteiger partial charge in [-0.1, -0.05) is 22.0 Å². The van der Waals surface area contributed by atoms with Crippen LogP contribution < -0.4 is 11.1 Å². The van der Waals surface area contributed by atoms with Crippen LogP contribution in [0.4, 0.5) is 10.1 Å². The molecule has 2 rings (SSSR count). The normalized spacial score (nSPS) is 10.3. The van der Waals surface area contributed by atoms with Gasteiger partial charge in [0.15, 0.2) is 0 Å². The van der Waals surface area contributed by atoms with E-state index >= 15 is 0 Å². The standard InChI is InChI=1S/C15H14BrFN2O/c1-9-6-10(15(18)20)2-3-11(9)8-19-14-7-12(16)4-5-13(14)17/h2-7,19H,8H2,1H3,(H2,18,20). The van der Waals surface area contributed by atoms with Gasteiger partial charge in [-0.25, -0.2) is 4.39 Å². The third-order valence-corrected chi connectivity index (χ3v) is 3.52. The Balaban J connectivity index is 2.15. The van der Waals surface area contributed by atoms with Crippen molar-refractivity contribution in [2.45, 2.75) is 13.5 Å². The number of amides is 1. The number of hydrogen-bond acceptors (Lipinski definition) is 2. The highest BCUT2D eigenvalue weighted by Crippen LogP contribution is 2.21. The van der Waals surface area contributed by atoms with Crippen molar-refractivity contribution in [1.29, 1.82) is 0 Å². The van der Waals surface area contributed by atoms with Gasteiger partial charge in [0.2, 0.25) is 5.91 Å². The minimum Gasteiger partial charge on any atom is -0.379 e. The molecule has 0 unspecified atom stereocenters. The summed E-state index contributed by atoms with van der Waals surface area (Å²) in [5.74, 6) is -0.759. The van der Waals surface area contributed by atoms with E-state index in [0.29, 0.717) is 17.8 Å². The lowest BCUT2D eigenvalue weighted by atomic mass is 10.0. The first kappa shape index (κ1) is 14.5. The lowest BCUT2D eigenvalue weighted by Gasteiger charge is -2.11. The molecule has 0 heterocycles. The van der Waals surface area contributed by atoms with E-state index in [2.05, 4.69) is 21.2 Å². The fourth-order valence-electron chi connectivity index (χ4n) is 1.87. The largest absolute Gasteiger partial charge is 0.379 e. The number of benzene rings is 2. The topological polar surface area (TPSA) is 55.1 Å². The molecule has 104 valence electrons. The molecule has 0 radical (unpaired) electrons. The van der Waals surface area contributed by atoms with Gasteiger partial charge >= 0.3 is 0 Å². The molecule has 2 aromatic rings. The smallest absolute Gasteiger partial charge is 0.248 e. The van der Waals surface area contributed by atoms with E-state index in [9.17, 15) is 9.18 Å². The fraction of sp³-hybridized carbons (Fsp3) is 0.133. The van der Waals surface area contributed by atoms with E-state index in [1.165, 1.54) is 6.07 Å². The van der Waals surface area contributed by atoms with Crippen LogP contribution in [0.1, 0.15) is 21.5 Å². The van der Waals surface area contributed by atoms with Crippen molar-refractivity contribution >= 4 is 27.5 Å². The summed E-state index contributed by atoms with van der Waals surface area (Å²) in [4.78, 5) is 11.1. The number of anilines is 1. The summed E-state index contributed by atoms with van der Waals surface area (Å²) in [6.07, 6.45) is 0. The van der Waals surface area contributed by atoms with Crippen LogP contribution in [0.15, 0.2) is 40.9 Å². The molecule has 3 N–H and O–H groups in total. The van der Waals surface area contributed by atoms with Crippen LogP contribution in [0.25, 0.3) is 0 Å². The Bertz CT molecular complexity index is 658. The second-order valence-corrected chi connectivity index (χ2v) is 5.40. The number of halogens is 2. The average Bonchev–Trinajstić information content (AvgIpc) is 2.40. The van der Waals surface area contributed by atoms with Crippen LogP contribution in [-0.2, 0) is 6.54 Å². The molecule has 2 aromatic carbocycles. The second kappa shape index (κ2) is 6.05. The van der Waals surface area contributed by atoms with Gasteiger partial charge in [-0.15, -0.1) is 0 Å². The van der Waals surface area contributed by atoms with Crippen LogP contribution in [0.5, 0.6) is 0 Å². The lowest BCUT2D eigenvalue weighted by molar-refractivity contribution is 0.1000. The third-order valence-electron chi connectivity index (χ3n) is 3.02. The predicted octanol–water partition coefficient (Wildman–Crippen LogP) is 3.61. The van der Waals surface area contributed by atoms with Crippen LogP contribution in [-0.4, -0.2) is 5.91 Å². The number of nitrogens with two attached hydrogens (primary N) is 1. The molecule has 20 heavy (non-hydrogen) atoms. The van der Waals surface area contributed by atoms with E-state index in [1.807, 2.05) is 13.0 Å². The zero-order chi connectivity index (χ0) is 14.7. The summed E-state index contributed by atoms with van der Waals surface area (Å²) in [6, 6.07) is 9.95. The number of nitrogens with one attached hydrogen (secondary N) is 1. The number of aryl methyl sites for hydroxylation is 1. The number of rotatable bonds is 4. The van der Waals surface area contributed by atoms with E-state index in [1.54, 1.807) is 24.3 Å². The van der Waals surface area contributed by atoms with Crippen LogP contribution in [0.3, 0.4) is 0 Å². The van der Waals surface area contributed by atoms with Crippen LogP contribution in [0.2, 0.25) is 0 Å². The molecule has 0 atom stereocenters. The molecule has 0 saturated carbocycles. The molecule has 0 aliphatic carbocycles. The number of primary amides is 1. The zero-order valence-electron chi connectivity index (χ0n) is 10.9. The Kier molecular flexibility index (Phi) is 4.39. The summed E-state index contributed by atoms with van der Waals surface area (Å²) < 4.78 is 14.4. The highest BCUT2D eigenvalue weighted by atomic mass is 79.9. The van der Waals surface area contributed by atoms with Gasteiger partial charge in [0.25, 0.3) is 0 Å². The van der Waals surface area contributed by atoms with E-state index < -0.39 is 5.91 Å². The van der Waals surface area contributed by atoms with Gasteiger partial charge in [0, 0.05) is 16.6 Å². The Morgan fingerprint density at radius 2 is 2.05 bits per heavy atom. The van der Waals surface area contributed by atoms with Crippen molar-refractivity contribution < 1.29 is 9.18 Å². The minimum atomic E-state index is -0.453. The monoisotopic (exact) mass is 336 g/mol. The highest BCUT2D eigenvalue weighted by molar-refractivity contribution is 9.10. The van der Waals surface area contributed by atoms with Crippen molar-refractivity contribution in [2.24, 2.45) is 5.73 Å². The maximum absolute atomic E-state index is 13.6. The number of hydrogen-bond donors (Lipinski definition) is 2. The second-order valence-electron chi connectivity index (χ2n) is 4.48. The maximum atomic E-state index is 13.6.